The summed E-state index contributed by atoms with van der Waals surface area (Å²) in [5, 5.41) is 0. The van der Waals surface area contributed by atoms with E-state index >= 15 is 0 Å². The van der Waals surface area contributed by atoms with Crippen molar-refractivity contribution in [2.24, 2.45) is 10.9 Å². The fraction of sp³-hybridized carbons (Fsp3) is 0.273. The van der Waals surface area contributed by atoms with Crippen LogP contribution in [0.3, 0.4) is 0 Å². The van der Waals surface area contributed by atoms with Crippen LogP contribution in [0.25, 0.3) is 0 Å². The average Bonchev–Trinajstić information content (AvgIpc) is 2.17. The Bertz CT molecular complexity index is 437. The number of Topliss-reactive ketones (excluding diaryl/α,β-unsaturated/α-hetero) is 1. The lowest BCUT2D eigenvalue weighted by molar-refractivity contribution is 0.0962. The van der Waals surface area contributed by atoms with E-state index in [0.29, 0.717) is 11.1 Å². The second-order valence-corrected chi connectivity index (χ2v) is 3.52. The molecule has 0 radical (unpaired) electrons. The predicted octanol–water partition coefficient (Wildman–Crippen LogP) is 2.67. The Labute approximate surface area is 81.5 Å². The molecule has 0 aromatic heterocycles. The van der Waals surface area contributed by atoms with Crippen LogP contribution in [0.5, 0.6) is 0 Å². The van der Waals surface area contributed by atoms with Gasteiger partial charge in [-0.25, -0.2) is 4.39 Å². The second-order valence-electron chi connectivity index (χ2n) is 3.52. The van der Waals surface area contributed by atoms with E-state index in [2.05, 4.69) is 4.99 Å². The Morgan fingerprint density at radius 1 is 1.43 bits per heavy atom. The first kappa shape index (κ1) is 9.06. The lowest BCUT2D eigenvalue weighted by atomic mass is 9.95. The molecule has 0 fully saturated rings. The van der Waals surface area contributed by atoms with Crippen LogP contribution in [-0.2, 0) is 0 Å². The maximum absolute atomic E-state index is 13.5. The first-order valence-corrected chi connectivity index (χ1v) is 4.48. The van der Waals surface area contributed by atoms with Gasteiger partial charge in [0.1, 0.15) is 5.69 Å². The van der Waals surface area contributed by atoms with E-state index in [1.54, 1.807) is 26.0 Å². The smallest absolute Gasteiger partial charge is 0.173 e. The van der Waals surface area contributed by atoms with Crippen LogP contribution in [-0.4, -0.2) is 12.0 Å². The Balaban J connectivity index is 2.68. The zero-order valence-corrected chi connectivity index (χ0v) is 8.04. The van der Waals surface area contributed by atoms with Gasteiger partial charge < -0.3 is 0 Å². The standard InChI is InChI=1S/C11H10FNO/c1-6-3-4-8-10(9(6)12)13-5-7(2)11(8)14/h3-5,7H,1-2H3. The number of ketones is 1. The van der Waals surface area contributed by atoms with Crippen LogP contribution < -0.4 is 0 Å². The van der Waals surface area contributed by atoms with Gasteiger partial charge in [-0.2, -0.15) is 0 Å². The zero-order valence-electron chi connectivity index (χ0n) is 8.04. The van der Waals surface area contributed by atoms with Crippen LogP contribution in [0.1, 0.15) is 22.8 Å². The van der Waals surface area contributed by atoms with E-state index in [-0.39, 0.29) is 23.2 Å². The number of halogens is 1. The molecule has 1 aromatic carbocycles. The van der Waals surface area contributed by atoms with E-state index in [4.69, 9.17) is 0 Å². The van der Waals surface area contributed by atoms with Crippen molar-refractivity contribution in [2.45, 2.75) is 13.8 Å². The lowest BCUT2D eigenvalue weighted by Gasteiger charge is -2.14. The third kappa shape index (κ3) is 1.16. The van der Waals surface area contributed by atoms with Crippen molar-refractivity contribution >= 4 is 17.7 Å². The second kappa shape index (κ2) is 3.01. The molecule has 2 rings (SSSR count). The summed E-state index contributed by atoms with van der Waals surface area (Å²) in [5.41, 5.74) is 1.10. The third-order valence-corrected chi connectivity index (χ3v) is 2.42. The van der Waals surface area contributed by atoms with E-state index < -0.39 is 0 Å². The number of aliphatic imine (C=N–C) groups is 1. The Hall–Kier alpha value is -1.51. The highest BCUT2D eigenvalue weighted by Crippen LogP contribution is 2.30. The molecule has 3 heteroatoms. The minimum atomic E-state index is -0.390. The van der Waals surface area contributed by atoms with Gasteiger partial charge in [-0.3, -0.25) is 9.79 Å². The molecular weight excluding hydrogens is 181 g/mol. The molecule has 1 aliphatic heterocycles. The van der Waals surface area contributed by atoms with Crippen LogP contribution >= 0.6 is 0 Å². The van der Waals surface area contributed by atoms with E-state index in [1.807, 2.05) is 0 Å². The summed E-state index contributed by atoms with van der Waals surface area (Å²) in [7, 11) is 0. The maximum Gasteiger partial charge on any atom is 0.173 e. The number of nitrogens with zero attached hydrogens (tertiary/aromatic N) is 1. The molecule has 1 unspecified atom stereocenters. The molecule has 14 heavy (non-hydrogen) atoms. The fourth-order valence-corrected chi connectivity index (χ4v) is 1.49. The van der Waals surface area contributed by atoms with Crippen molar-refractivity contribution in [1.29, 1.82) is 0 Å². The molecule has 0 aliphatic carbocycles. The number of hydrogen-bond acceptors (Lipinski definition) is 2. The van der Waals surface area contributed by atoms with Gasteiger partial charge in [0.25, 0.3) is 0 Å². The minimum Gasteiger partial charge on any atom is -0.293 e. The molecule has 1 aromatic rings. The number of aryl methyl sites for hydroxylation is 1. The Kier molecular flexibility index (Phi) is 1.95. The van der Waals surface area contributed by atoms with Crippen molar-refractivity contribution in [3.05, 3.63) is 29.1 Å². The monoisotopic (exact) mass is 191 g/mol. The molecule has 1 atom stereocenters. The molecule has 0 bridgehead atoms. The zero-order chi connectivity index (χ0) is 10.3. The number of benzene rings is 1. The summed E-state index contributed by atoms with van der Waals surface area (Å²) >= 11 is 0. The summed E-state index contributed by atoms with van der Waals surface area (Å²) in [4.78, 5) is 15.6. The molecule has 0 spiro atoms. The maximum atomic E-state index is 13.5. The van der Waals surface area contributed by atoms with Crippen molar-refractivity contribution in [3.8, 4) is 0 Å². The lowest BCUT2D eigenvalue weighted by Crippen LogP contribution is -2.17. The van der Waals surface area contributed by atoms with E-state index in [9.17, 15) is 9.18 Å². The molecule has 0 saturated heterocycles. The van der Waals surface area contributed by atoms with Gasteiger partial charge >= 0.3 is 0 Å². The van der Waals surface area contributed by atoms with Crippen molar-refractivity contribution in [2.75, 3.05) is 0 Å². The largest absolute Gasteiger partial charge is 0.293 e. The first-order chi connectivity index (χ1) is 6.61. The first-order valence-electron chi connectivity index (χ1n) is 4.48. The summed E-state index contributed by atoms with van der Waals surface area (Å²) < 4.78 is 13.5. The highest BCUT2D eigenvalue weighted by Gasteiger charge is 2.23. The molecule has 2 nitrogen and oxygen atoms in total. The van der Waals surface area contributed by atoms with Crippen molar-refractivity contribution in [3.63, 3.8) is 0 Å². The van der Waals surface area contributed by atoms with Crippen LogP contribution in [0, 0.1) is 18.7 Å². The molecular formula is C11H10FNO. The van der Waals surface area contributed by atoms with Gasteiger partial charge in [-0.1, -0.05) is 13.0 Å². The Morgan fingerprint density at radius 3 is 2.86 bits per heavy atom. The topological polar surface area (TPSA) is 29.4 Å². The molecule has 0 N–H and O–H groups in total. The fourth-order valence-electron chi connectivity index (χ4n) is 1.49. The summed E-state index contributed by atoms with van der Waals surface area (Å²) in [6, 6.07) is 3.25. The molecule has 1 aliphatic rings. The number of carbonyl (C=O) groups excluding carboxylic acids is 1. The SMILES string of the molecule is Cc1ccc2c(c1F)N=CC(C)C2=O. The summed E-state index contributed by atoms with van der Waals surface area (Å²) in [6.45, 7) is 3.42. The number of rotatable bonds is 0. The van der Waals surface area contributed by atoms with Gasteiger partial charge in [0.15, 0.2) is 11.6 Å². The van der Waals surface area contributed by atoms with E-state index in [1.165, 1.54) is 6.21 Å². The highest BCUT2D eigenvalue weighted by molar-refractivity contribution is 6.12. The Morgan fingerprint density at radius 2 is 2.14 bits per heavy atom. The molecule has 72 valence electrons. The quantitative estimate of drug-likeness (QED) is 0.619. The van der Waals surface area contributed by atoms with Gasteiger partial charge in [0.2, 0.25) is 0 Å². The predicted molar refractivity (Wildman–Crippen MR) is 52.8 cm³/mol. The summed E-state index contributed by atoms with van der Waals surface area (Å²) in [6.07, 6.45) is 1.49. The van der Waals surface area contributed by atoms with Crippen molar-refractivity contribution in [1.82, 2.24) is 0 Å². The van der Waals surface area contributed by atoms with E-state index in [0.717, 1.165) is 0 Å². The minimum absolute atomic E-state index is 0.0612. The molecule has 1 heterocycles. The third-order valence-electron chi connectivity index (χ3n) is 2.42. The number of hydrogen-bond donors (Lipinski definition) is 0. The average molecular weight is 191 g/mol. The van der Waals surface area contributed by atoms with Gasteiger partial charge in [-0.15, -0.1) is 0 Å². The number of fused-ring (bicyclic) bond motifs is 1. The van der Waals surface area contributed by atoms with Gasteiger partial charge in [-0.05, 0) is 18.6 Å². The molecule has 0 amide bonds. The van der Waals surface area contributed by atoms with Crippen LogP contribution in [0.15, 0.2) is 17.1 Å². The summed E-state index contributed by atoms with van der Waals surface area (Å²) in [5.74, 6) is -0.697. The number of carbonyl (C=O) groups is 1. The van der Waals surface area contributed by atoms with Gasteiger partial charge in [0, 0.05) is 11.8 Å². The highest BCUT2D eigenvalue weighted by atomic mass is 19.1. The molecule has 0 saturated carbocycles. The van der Waals surface area contributed by atoms with Gasteiger partial charge in [0.05, 0.1) is 5.92 Å². The van der Waals surface area contributed by atoms with Crippen molar-refractivity contribution < 1.29 is 9.18 Å². The van der Waals surface area contributed by atoms with Crippen LogP contribution in [0.2, 0.25) is 0 Å². The van der Waals surface area contributed by atoms with Crippen LogP contribution in [0.4, 0.5) is 10.1 Å². The normalized spacial score (nSPS) is 19.6.